The van der Waals surface area contributed by atoms with Crippen molar-refractivity contribution in [1.82, 2.24) is 0 Å². The van der Waals surface area contributed by atoms with Gasteiger partial charge in [0.05, 0.1) is 11.5 Å². The smallest absolute Gasteiger partial charge is 0.353 e. The van der Waals surface area contributed by atoms with E-state index in [1.807, 2.05) is 19.1 Å². The van der Waals surface area contributed by atoms with Crippen LogP contribution in [0, 0.1) is 0 Å². The van der Waals surface area contributed by atoms with Gasteiger partial charge in [-0.1, -0.05) is 30.3 Å². The molecule has 0 saturated carbocycles. The average molecular weight is 303 g/mol. The first-order chi connectivity index (χ1) is 10.2. The van der Waals surface area contributed by atoms with Crippen LogP contribution in [0.15, 0.2) is 35.5 Å². The van der Waals surface area contributed by atoms with Crippen LogP contribution in [0.4, 0.5) is 0 Å². The van der Waals surface area contributed by atoms with E-state index in [9.17, 15) is 4.79 Å². The topological polar surface area (TPSA) is 47.9 Å². The van der Waals surface area contributed by atoms with Crippen molar-refractivity contribution in [2.24, 2.45) is 5.16 Å². The highest BCUT2D eigenvalue weighted by Crippen LogP contribution is 2.35. The van der Waals surface area contributed by atoms with Gasteiger partial charge in [0.2, 0.25) is 5.60 Å². The van der Waals surface area contributed by atoms with Crippen LogP contribution in [-0.2, 0) is 14.4 Å². The molecule has 4 nitrogen and oxygen atoms in total. The van der Waals surface area contributed by atoms with Gasteiger partial charge in [-0.25, -0.2) is 4.79 Å². The Morgan fingerprint density at radius 3 is 2.95 bits per heavy atom. The summed E-state index contributed by atoms with van der Waals surface area (Å²) in [5, 5.41) is 5.34. The maximum absolute atomic E-state index is 12.1. The third kappa shape index (κ3) is 2.42. The van der Waals surface area contributed by atoms with E-state index >= 15 is 0 Å². The molecule has 2 aromatic rings. The highest BCUT2D eigenvalue weighted by Gasteiger charge is 2.47. The van der Waals surface area contributed by atoms with Crippen LogP contribution in [0.5, 0.6) is 0 Å². The summed E-state index contributed by atoms with van der Waals surface area (Å²) in [6, 6.07) is 10.3. The van der Waals surface area contributed by atoms with Crippen LogP contribution in [-0.4, -0.2) is 23.9 Å². The Balaban J connectivity index is 1.86. The van der Waals surface area contributed by atoms with E-state index in [1.54, 1.807) is 18.3 Å². The SMILES string of the molecule is CCOC(=O)C1(CC)CC(c2cc3ccccc3s2)=NO1. The highest BCUT2D eigenvalue weighted by molar-refractivity contribution is 7.20. The minimum Gasteiger partial charge on any atom is -0.463 e. The third-order valence-electron chi connectivity index (χ3n) is 3.71. The van der Waals surface area contributed by atoms with E-state index in [4.69, 9.17) is 9.57 Å². The van der Waals surface area contributed by atoms with Crippen molar-refractivity contribution in [3.05, 3.63) is 35.2 Å². The fourth-order valence-corrected chi connectivity index (χ4v) is 3.48. The van der Waals surface area contributed by atoms with Crippen molar-refractivity contribution >= 4 is 33.1 Å². The third-order valence-corrected chi connectivity index (χ3v) is 4.88. The van der Waals surface area contributed by atoms with Crippen LogP contribution in [0.2, 0.25) is 0 Å². The number of benzene rings is 1. The van der Waals surface area contributed by atoms with Gasteiger partial charge in [0, 0.05) is 11.1 Å². The molecule has 0 aliphatic carbocycles. The molecule has 3 rings (SSSR count). The molecule has 0 amide bonds. The van der Waals surface area contributed by atoms with Crippen molar-refractivity contribution < 1.29 is 14.4 Å². The van der Waals surface area contributed by atoms with Gasteiger partial charge in [-0.2, -0.15) is 0 Å². The molecular weight excluding hydrogens is 286 g/mol. The Labute approximate surface area is 127 Å². The van der Waals surface area contributed by atoms with Crippen molar-refractivity contribution in [3.63, 3.8) is 0 Å². The summed E-state index contributed by atoms with van der Waals surface area (Å²) in [4.78, 5) is 18.7. The largest absolute Gasteiger partial charge is 0.463 e. The lowest BCUT2D eigenvalue weighted by Crippen LogP contribution is -2.39. The second-order valence-corrected chi connectivity index (χ2v) is 6.11. The molecule has 2 heterocycles. The molecule has 1 aromatic carbocycles. The fraction of sp³-hybridized carbons (Fsp3) is 0.375. The van der Waals surface area contributed by atoms with Gasteiger partial charge in [-0.3, -0.25) is 0 Å². The number of hydrogen-bond donors (Lipinski definition) is 0. The molecule has 1 aromatic heterocycles. The highest BCUT2D eigenvalue weighted by atomic mass is 32.1. The molecule has 1 aliphatic heterocycles. The van der Waals surface area contributed by atoms with Crippen molar-refractivity contribution in [2.75, 3.05) is 6.61 Å². The van der Waals surface area contributed by atoms with Crippen LogP contribution >= 0.6 is 11.3 Å². The van der Waals surface area contributed by atoms with Crippen LogP contribution in [0.3, 0.4) is 0 Å². The predicted molar refractivity (Wildman–Crippen MR) is 83.7 cm³/mol. The molecular formula is C16H17NO3S. The lowest BCUT2D eigenvalue weighted by atomic mass is 9.94. The summed E-state index contributed by atoms with van der Waals surface area (Å²) < 4.78 is 6.34. The number of carbonyl (C=O) groups excluding carboxylic acids is 1. The molecule has 0 fully saturated rings. The second-order valence-electron chi connectivity index (χ2n) is 5.02. The standard InChI is InChI=1S/C16H17NO3S/c1-3-16(15(18)19-4-2)10-12(17-20-16)14-9-11-7-5-6-8-13(11)21-14/h5-9H,3-4,10H2,1-2H3. The molecule has 0 spiro atoms. The van der Waals surface area contributed by atoms with Gasteiger partial charge < -0.3 is 9.57 Å². The summed E-state index contributed by atoms with van der Waals surface area (Å²) in [6.07, 6.45) is 1.01. The number of carbonyl (C=O) groups is 1. The lowest BCUT2D eigenvalue weighted by Gasteiger charge is -2.22. The normalized spacial score (nSPS) is 21.1. The summed E-state index contributed by atoms with van der Waals surface area (Å²) in [7, 11) is 0. The Morgan fingerprint density at radius 1 is 1.43 bits per heavy atom. The maximum Gasteiger partial charge on any atom is 0.353 e. The van der Waals surface area contributed by atoms with Gasteiger partial charge >= 0.3 is 5.97 Å². The average Bonchev–Trinajstić information content (AvgIpc) is 3.12. The fourth-order valence-electron chi connectivity index (χ4n) is 2.44. The quantitative estimate of drug-likeness (QED) is 0.808. The first-order valence-electron chi connectivity index (χ1n) is 7.10. The summed E-state index contributed by atoms with van der Waals surface area (Å²) >= 11 is 1.67. The number of rotatable bonds is 4. The summed E-state index contributed by atoms with van der Waals surface area (Å²) in [5.74, 6) is -0.327. The van der Waals surface area contributed by atoms with Crippen molar-refractivity contribution in [2.45, 2.75) is 32.3 Å². The number of oxime groups is 1. The number of ether oxygens (including phenoxy) is 1. The monoisotopic (exact) mass is 303 g/mol. The number of nitrogens with zero attached hydrogens (tertiary/aromatic N) is 1. The van der Waals surface area contributed by atoms with Crippen LogP contribution in [0.25, 0.3) is 10.1 Å². The molecule has 1 unspecified atom stereocenters. The van der Waals surface area contributed by atoms with E-state index in [0.717, 1.165) is 10.6 Å². The first-order valence-corrected chi connectivity index (χ1v) is 7.91. The lowest BCUT2D eigenvalue weighted by molar-refractivity contribution is -0.169. The van der Waals surface area contributed by atoms with E-state index < -0.39 is 5.60 Å². The van der Waals surface area contributed by atoms with Crippen molar-refractivity contribution in [3.8, 4) is 0 Å². The zero-order valence-electron chi connectivity index (χ0n) is 12.1. The second kappa shape index (κ2) is 5.48. The number of esters is 1. The van der Waals surface area contributed by atoms with Gasteiger partial charge in [0.15, 0.2) is 0 Å². The van der Waals surface area contributed by atoms with Gasteiger partial charge in [-0.05, 0) is 30.9 Å². The molecule has 5 heteroatoms. The first kappa shape index (κ1) is 14.1. The van der Waals surface area contributed by atoms with Gasteiger partial charge in [-0.15, -0.1) is 11.3 Å². The number of thiophene rings is 1. The minimum atomic E-state index is -0.957. The molecule has 0 N–H and O–H groups in total. The van der Waals surface area contributed by atoms with E-state index in [0.29, 0.717) is 19.4 Å². The molecule has 21 heavy (non-hydrogen) atoms. The van der Waals surface area contributed by atoms with E-state index in [1.165, 1.54) is 10.1 Å². The maximum atomic E-state index is 12.1. The summed E-state index contributed by atoms with van der Waals surface area (Å²) in [6.45, 7) is 4.06. The Morgan fingerprint density at radius 2 is 2.24 bits per heavy atom. The molecule has 1 atom stereocenters. The Hall–Kier alpha value is -1.88. The summed E-state index contributed by atoms with van der Waals surface area (Å²) in [5.41, 5.74) is -0.132. The Bertz CT molecular complexity index is 673. The van der Waals surface area contributed by atoms with E-state index in [2.05, 4.69) is 23.4 Å². The van der Waals surface area contributed by atoms with Crippen LogP contribution < -0.4 is 0 Å². The molecule has 0 saturated heterocycles. The number of hydrogen-bond acceptors (Lipinski definition) is 5. The van der Waals surface area contributed by atoms with Gasteiger partial charge in [0.25, 0.3) is 0 Å². The molecule has 1 aliphatic rings. The molecule has 0 radical (unpaired) electrons. The number of fused-ring (bicyclic) bond motifs is 1. The zero-order valence-corrected chi connectivity index (χ0v) is 12.9. The minimum absolute atomic E-state index is 0.327. The van der Waals surface area contributed by atoms with Crippen LogP contribution in [0.1, 0.15) is 31.6 Å². The predicted octanol–water partition coefficient (Wildman–Crippen LogP) is 3.74. The molecule has 0 bridgehead atoms. The Kier molecular flexibility index (Phi) is 3.68. The van der Waals surface area contributed by atoms with Crippen molar-refractivity contribution in [1.29, 1.82) is 0 Å². The van der Waals surface area contributed by atoms with Gasteiger partial charge in [0.1, 0.15) is 5.71 Å². The molecule has 110 valence electrons. The zero-order chi connectivity index (χ0) is 14.9. The van der Waals surface area contributed by atoms with E-state index in [-0.39, 0.29) is 5.97 Å².